The van der Waals surface area contributed by atoms with Gasteiger partial charge < -0.3 is 20.1 Å². The van der Waals surface area contributed by atoms with Gasteiger partial charge in [-0.1, -0.05) is 30.7 Å². The molecule has 4 rings (SSSR count). The van der Waals surface area contributed by atoms with Crippen molar-refractivity contribution >= 4 is 17.6 Å². The van der Waals surface area contributed by atoms with Crippen LogP contribution in [0.25, 0.3) is 0 Å². The highest BCUT2D eigenvalue weighted by Gasteiger charge is 2.41. The van der Waals surface area contributed by atoms with Crippen molar-refractivity contribution in [2.45, 2.75) is 46.1 Å². The van der Waals surface area contributed by atoms with Gasteiger partial charge in [0, 0.05) is 24.1 Å². The quantitative estimate of drug-likeness (QED) is 0.510. The summed E-state index contributed by atoms with van der Waals surface area (Å²) in [5.41, 5.74) is 3.96. The summed E-state index contributed by atoms with van der Waals surface area (Å²) < 4.78 is 13.4. The highest BCUT2D eigenvalue weighted by atomic mass is 16.5. The molecule has 2 amide bonds. The van der Waals surface area contributed by atoms with Crippen LogP contribution >= 0.6 is 0 Å². The molecule has 0 saturated carbocycles. The Morgan fingerprint density at radius 2 is 1.91 bits per heavy atom. The minimum atomic E-state index is -0.838. The zero-order chi connectivity index (χ0) is 25.1. The van der Waals surface area contributed by atoms with Crippen molar-refractivity contribution in [3.8, 4) is 11.5 Å². The molecule has 0 aliphatic carbocycles. The lowest BCUT2D eigenvalue weighted by Crippen LogP contribution is -2.50. The van der Waals surface area contributed by atoms with Crippen LogP contribution in [0.3, 0.4) is 0 Å². The first kappa shape index (κ1) is 24.3. The van der Waals surface area contributed by atoms with E-state index in [0.29, 0.717) is 36.1 Å². The molecule has 3 aromatic rings. The number of nitrogens with zero attached hydrogens (tertiary/aromatic N) is 2. The second kappa shape index (κ2) is 10.2. The number of nitrogens with one attached hydrogen (secondary N) is 2. The largest absolute Gasteiger partial charge is 0.490 e. The first-order valence-corrected chi connectivity index (χ1v) is 11.9. The van der Waals surface area contributed by atoms with Crippen LogP contribution in [0.2, 0.25) is 0 Å². The number of aryl methyl sites for hydroxylation is 3. The minimum absolute atomic E-state index is 0.296. The predicted molar refractivity (Wildman–Crippen MR) is 134 cm³/mol. The molecule has 0 radical (unpaired) electrons. The van der Waals surface area contributed by atoms with Crippen molar-refractivity contribution in [1.82, 2.24) is 15.1 Å². The fourth-order valence-corrected chi connectivity index (χ4v) is 4.54. The van der Waals surface area contributed by atoms with Gasteiger partial charge in [-0.05, 0) is 57.0 Å². The van der Waals surface area contributed by atoms with Gasteiger partial charge in [0.1, 0.15) is 11.9 Å². The van der Waals surface area contributed by atoms with E-state index in [4.69, 9.17) is 9.47 Å². The third kappa shape index (κ3) is 4.87. The van der Waals surface area contributed by atoms with Crippen LogP contribution in [0.1, 0.15) is 58.9 Å². The van der Waals surface area contributed by atoms with Crippen molar-refractivity contribution in [1.29, 1.82) is 0 Å². The number of rotatable bonds is 8. The molecule has 8 heteroatoms. The normalized spacial score (nSPS) is 16.9. The summed E-state index contributed by atoms with van der Waals surface area (Å²) in [5.74, 6) is 0.827. The van der Waals surface area contributed by atoms with Crippen molar-refractivity contribution in [2.75, 3.05) is 18.5 Å². The number of amides is 2. The molecule has 184 valence electrons. The standard InChI is InChI=1S/C27H32N4O4/c1-6-13-35-20-12-11-18(15-21(20)34-7-2)23-22-17(4)30-31(5)25(22)29-27(33)24(23)28-26(32)19-10-8-9-16(3)14-19/h8-12,14-15,23-24H,6-7,13H2,1-5H3,(H,28,32)(H,29,33)/t23-,24+/m0/s1. The Hall–Kier alpha value is -3.81. The number of fused-ring (bicyclic) bond motifs is 1. The van der Waals surface area contributed by atoms with Crippen LogP contribution in [0.5, 0.6) is 11.5 Å². The minimum Gasteiger partial charge on any atom is -0.490 e. The number of ether oxygens (including phenoxy) is 2. The maximum Gasteiger partial charge on any atom is 0.251 e. The first-order chi connectivity index (χ1) is 16.8. The molecule has 1 aliphatic heterocycles. The molecule has 2 aromatic carbocycles. The van der Waals surface area contributed by atoms with Crippen LogP contribution in [0.4, 0.5) is 5.82 Å². The molecule has 2 N–H and O–H groups in total. The van der Waals surface area contributed by atoms with Gasteiger partial charge in [0.15, 0.2) is 11.5 Å². The number of carbonyl (C=O) groups is 2. The SMILES string of the molecule is CCCOc1ccc([C@H]2c3c(C)nn(C)c3NC(=O)[C@@H]2NC(=O)c2cccc(C)c2)cc1OCC. The van der Waals surface area contributed by atoms with Crippen LogP contribution < -0.4 is 20.1 Å². The smallest absolute Gasteiger partial charge is 0.251 e. The Morgan fingerprint density at radius 3 is 2.63 bits per heavy atom. The van der Waals surface area contributed by atoms with E-state index in [0.717, 1.165) is 28.8 Å². The Kier molecular flexibility index (Phi) is 7.10. The van der Waals surface area contributed by atoms with Crippen LogP contribution in [-0.2, 0) is 11.8 Å². The van der Waals surface area contributed by atoms with Gasteiger partial charge in [-0.25, -0.2) is 0 Å². The van der Waals surface area contributed by atoms with Gasteiger partial charge in [-0.2, -0.15) is 5.10 Å². The number of hydrogen-bond donors (Lipinski definition) is 2. The average molecular weight is 477 g/mol. The molecule has 8 nitrogen and oxygen atoms in total. The topological polar surface area (TPSA) is 94.5 Å². The van der Waals surface area contributed by atoms with Gasteiger partial charge in [-0.3, -0.25) is 14.3 Å². The molecule has 0 saturated heterocycles. The third-order valence-electron chi connectivity index (χ3n) is 6.09. The van der Waals surface area contributed by atoms with E-state index in [1.807, 2.05) is 58.0 Å². The molecule has 0 unspecified atom stereocenters. The molecule has 0 bridgehead atoms. The molecule has 35 heavy (non-hydrogen) atoms. The monoisotopic (exact) mass is 476 g/mol. The molecule has 1 aromatic heterocycles. The molecule has 1 aliphatic rings. The van der Waals surface area contributed by atoms with E-state index in [2.05, 4.69) is 15.7 Å². The predicted octanol–water partition coefficient (Wildman–Crippen LogP) is 4.11. The zero-order valence-corrected chi connectivity index (χ0v) is 20.8. The van der Waals surface area contributed by atoms with E-state index >= 15 is 0 Å². The molecule has 2 heterocycles. The van der Waals surface area contributed by atoms with Gasteiger partial charge in [0.05, 0.1) is 18.9 Å². The summed E-state index contributed by atoms with van der Waals surface area (Å²) >= 11 is 0. The maximum absolute atomic E-state index is 13.3. The van der Waals surface area contributed by atoms with Gasteiger partial charge in [0.2, 0.25) is 5.91 Å². The summed E-state index contributed by atoms with van der Waals surface area (Å²) in [7, 11) is 1.79. The van der Waals surface area contributed by atoms with Crippen molar-refractivity contribution in [3.05, 3.63) is 70.4 Å². The van der Waals surface area contributed by atoms with Gasteiger partial charge in [0.25, 0.3) is 5.91 Å². The maximum atomic E-state index is 13.3. The highest BCUT2D eigenvalue weighted by molar-refractivity contribution is 6.04. The first-order valence-electron chi connectivity index (χ1n) is 11.9. The lowest BCUT2D eigenvalue weighted by molar-refractivity contribution is -0.118. The van der Waals surface area contributed by atoms with E-state index in [1.165, 1.54) is 0 Å². The molecular weight excluding hydrogens is 444 g/mol. The van der Waals surface area contributed by atoms with Crippen molar-refractivity contribution < 1.29 is 19.1 Å². The third-order valence-corrected chi connectivity index (χ3v) is 6.09. The highest BCUT2D eigenvalue weighted by Crippen LogP contribution is 2.42. The second-order valence-electron chi connectivity index (χ2n) is 8.75. The molecule has 0 fully saturated rings. The van der Waals surface area contributed by atoms with Crippen LogP contribution in [0.15, 0.2) is 42.5 Å². The van der Waals surface area contributed by atoms with E-state index in [9.17, 15) is 9.59 Å². The van der Waals surface area contributed by atoms with Crippen LogP contribution in [0, 0.1) is 13.8 Å². The van der Waals surface area contributed by atoms with E-state index < -0.39 is 12.0 Å². The number of carbonyl (C=O) groups excluding carboxylic acids is 2. The lowest BCUT2D eigenvalue weighted by Gasteiger charge is -2.33. The Labute approximate surface area is 205 Å². The Balaban J connectivity index is 1.79. The summed E-state index contributed by atoms with van der Waals surface area (Å²) in [5, 5.41) is 10.5. The summed E-state index contributed by atoms with van der Waals surface area (Å²) in [6, 6.07) is 12.2. The fourth-order valence-electron chi connectivity index (χ4n) is 4.54. The molecule has 0 spiro atoms. The van der Waals surface area contributed by atoms with Gasteiger partial charge in [-0.15, -0.1) is 0 Å². The van der Waals surface area contributed by atoms with Crippen molar-refractivity contribution in [3.63, 3.8) is 0 Å². The van der Waals surface area contributed by atoms with E-state index in [1.54, 1.807) is 23.9 Å². The summed E-state index contributed by atoms with van der Waals surface area (Å²) in [6.07, 6.45) is 0.876. The lowest BCUT2D eigenvalue weighted by atomic mass is 9.81. The average Bonchev–Trinajstić information content (AvgIpc) is 3.11. The zero-order valence-electron chi connectivity index (χ0n) is 20.8. The van der Waals surface area contributed by atoms with Crippen molar-refractivity contribution in [2.24, 2.45) is 7.05 Å². The van der Waals surface area contributed by atoms with E-state index in [-0.39, 0.29) is 11.8 Å². The summed E-state index contributed by atoms with van der Waals surface area (Å²) in [4.78, 5) is 26.5. The summed E-state index contributed by atoms with van der Waals surface area (Å²) in [6.45, 7) is 8.84. The molecular formula is C27H32N4O4. The second-order valence-corrected chi connectivity index (χ2v) is 8.75. The fraction of sp³-hybridized carbons (Fsp3) is 0.370. The van der Waals surface area contributed by atoms with Gasteiger partial charge >= 0.3 is 0 Å². The Morgan fingerprint density at radius 1 is 1.11 bits per heavy atom. The number of benzene rings is 2. The molecule has 2 atom stereocenters. The number of aromatic nitrogens is 2. The van der Waals surface area contributed by atoms with Crippen LogP contribution in [-0.4, -0.2) is 40.9 Å². The number of anilines is 1. The Bertz CT molecular complexity index is 1250. The number of hydrogen-bond acceptors (Lipinski definition) is 5.